The summed E-state index contributed by atoms with van der Waals surface area (Å²) in [5, 5.41) is 15.7. The second-order valence-electron chi connectivity index (χ2n) is 5.80. The molecule has 7 heteroatoms. The molecule has 0 aliphatic heterocycles. The Morgan fingerprint density at radius 2 is 1.83 bits per heavy atom. The van der Waals surface area contributed by atoms with Crippen molar-refractivity contribution in [3.8, 4) is 5.69 Å². The van der Waals surface area contributed by atoms with Gasteiger partial charge >= 0.3 is 5.97 Å². The molecule has 7 nitrogen and oxygen atoms in total. The molecule has 1 aromatic carbocycles. The van der Waals surface area contributed by atoms with E-state index >= 15 is 0 Å². The number of carboxylic acids is 1. The lowest BCUT2D eigenvalue weighted by atomic mass is 10.0. The van der Waals surface area contributed by atoms with Crippen LogP contribution in [0.25, 0.3) is 5.69 Å². The normalized spacial score (nSPS) is 12.0. The Morgan fingerprint density at radius 1 is 1.17 bits per heavy atom. The van der Waals surface area contributed by atoms with Crippen LogP contribution in [0.4, 0.5) is 0 Å². The number of hydrogen-bond acceptors (Lipinski definition) is 4. The first kappa shape index (κ1) is 17.4. The maximum atomic E-state index is 12.3. The third-order valence-corrected chi connectivity index (χ3v) is 3.34. The summed E-state index contributed by atoms with van der Waals surface area (Å²) in [7, 11) is 0. The molecule has 0 fully saturated rings. The van der Waals surface area contributed by atoms with Crippen molar-refractivity contribution in [2.24, 2.45) is 5.92 Å². The molecule has 0 aliphatic carbocycles. The zero-order valence-electron chi connectivity index (χ0n) is 13.5. The number of nitrogens with one attached hydrogen (secondary N) is 1. The molecule has 0 radical (unpaired) electrons. The summed E-state index contributed by atoms with van der Waals surface area (Å²) < 4.78 is 1.10. The van der Waals surface area contributed by atoms with Crippen molar-refractivity contribution in [1.29, 1.82) is 0 Å². The number of para-hydroxylation sites is 1. The summed E-state index contributed by atoms with van der Waals surface area (Å²) in [5.74, 6) is -1.63. The zero-order chi connectivity index (χ0) is 17.7. The molecule has 1 amide bonds. The van der Waals surface area contributed by atoms with Crippen LogP contribution in [0.15, 0.2) is 47.3 Å². The summed E-state index contributed by atoms with van der Waals surface area (Å²) in [6, 6.07) is 10.2. The van der Waals surface area contributed by atoms with Gasteiger partial charge in [0, 0.05) is 6.07 Å². The average Bonchev–Trinajstić information content (AvgIpc) is 2.54. The molecular weight excluding hydrogens is 310 g/mol. The first-order valence-corrected chi connectivity index (χ1v) is 7.58. The molecule has 24 heavy (non-hydrogen) atoms. The van der Waals surface area contributed by atoms with Gasteiger partial charge in [-0.3, -0.25) is 9.59 Å². The molecule has 1 unspecified atom stereocenters. The van der Waals surface area contributed by atoms with E-state index in [4.69, 9.17) is 0 Å². The SMILES string of the molecule is CC(C)CC(NC(=O)c1ccc(=O)n(-c2ccccc2)n1)C(=O)O. The summed E-state index contributed by atoms with van der Waals surface area (Å²) in [4.78, 5) is 35.5. The smallest absolute Gasteiger partial charge is 0.326 e. The second kappa shape index (κ2) is 7.54. The molecule has 0 bridgehead atoms. The fraction of sp³-hybridized carbons (Fsp3) is 0.294. The van der Waals surface area contributed by atoms with E-state index in [2.05, 4.69) is 10.4 Å². The van der Waals surface area contributed by atoms with E-state index in [1.807, 2.05) is 13.8 Å². The van der Waals surface area contributed by atoms with E-state index in [1.54, 1.807) is 30.3 Å². The molecule has 2 aromatic rings. The van der Waals surface area contributed by atoms with Gasteiger partial charge in [-0.1, -0.05) is 32.0 Å². The van der Waals surface area contributed by atoms with E-state index in [0.29, 0.717) is 12.1 Å². The molecular formula is C17H19N3O4. The number of hydrogen-bond donors (Lipinski definition) is 2. The fourth-order valence-electron chi connectivity index (χ4n) is 2.21. The Balaban J connectivity index is 2.27. The average molecular weight is 329 g/mol. The van der Waals surface area contributed by atoms with Gasteiger partial charge in [-0.2, -0.15) is 9.78 Å². The second-order valence-corrected chi connectivity index (χ2v) is 5.80. The minimum absolute atomic E-state index is 0.0199. The highest BCUT2D eigenvalue weighted by Gasteiger charge is 2.22. The van der Waals surface area contributed by atoms with Gasteiger partial charge in [0.1, 0.15) is 11.7 Å². The van der Waals surface area contributed by atoms with Gasteiger partial charge in [-0.15, -0.1) is 0 Å². The van der Waals surface area contributed by atoms with Crippen molar-refractivity contribution in [3.63, 3.8) is 0 Å². The highest BCUT2D eigenvalue weighted by Crippen LogP contribution is 2.07. The lowest BCUT2D eigenvalue weighted by molar-refractivity contribution is -0.139. The van der Waals surface area contributed by atoms with E-state index < -0.39 is 17.9 Å². The number of carbonyl (C=O) groups is 2. The van der Waals surface area contributed by atoms with E-state index in [-0.39, 0.29) is 17.2 Å². The first-order chi connectivity index (χ1) is 11.4. The topological polar surface area (TPSA) is 101 Å². The standard InChI is InChI=1S/C17H19N3O4/c1-11(2)10-14(17(23)24)18-16(22)13-8-9-15(21)20(19-13)12-6-4-3-5-7-12/h3-9,11,14H,10H2,1-2H3,(H,18,22)(H,23,24). The van der Waals surface area contributed by atoms with Crippen LogP contribution in [0.2, 0.25) is 0 Å². The van der Waals surface area contributed by atoms with Gasteiger partial charge in [0.25, 0.3) is 11.5 Å². The number of amides is 1. The highest BCUT2D eigenvalue weighted by molar-refractivity contribution is 5.94. The molecule has 126 valence electrons. The molecule has 1 atom stereocenters. The minimum atomic E-state index is -1.10. The van der Waals surface area contributed by atoms with Gasteiger partial charge < -0.3 is 10.4 Å². The van der Waals surface area contributed by atoms with Gasteiger partial charge in [0.05, 0.1) is 5.69 Å². The number of benzene rings is 1. The quantitative estimate of drug-likeness (QED) is 0.835. The van der Waals surface area contributed by atoms with E-state index in [9.17, 15) is 19.5 Å². The lowest BCUT2D eigenvalue weighted by Gasteiger charge is -2.16. The predicted octanol–water partition coefficient (Wildman–Crippen LogP) is 1.46. The van der Waals surface area contributed by atoms with Crippen LogP contribution in [0, 0.1) is 5.92 Å². The third kappa shape index (κ3) is 4.28. The highest BCUT2D eigenvalue weighted by atomic mass is 16.4. The molecule has 1 aromatic heterocycles. The summed E-state index contributed by atoms with van der Waals surface area (Å²) in [6.07, 6.45) is 0.305. The van der Waals surface area contributed by atoms with Gasteiger partial charge in [0.15, 0.2) is 0 Å². The number of rotatable bonds is 6. The number of nitrogens with zero attached hydrogens (tertiary/aromatic N) is 2. The van der Waals surface area contributed by atoms with Crippen LogP contribution < -0.4 is 10.9 Å². The number of carbonyl (C=O) groups excluding carboxylic acids is 1. The van der Waals surface area contributed by atoms with Crippen LogP contribution in [0.5, 0.6) is 0 Å². The van der Waals surface area contributed by atoms with Crippen molar-refractivity contribution >= 4 is 11.9 Å². The van der Waals surface area contributed by atoms with Crippen LogP contribution >= 0.6 is 0 Å². The van der Waals surface area contributed by atoms with Crippen LogP contribution in [0.3, 0.4) is 0 Å². The summed E-state index contributed by atoms with van der Waals surface area (Å²) in [5.41, 5.74) is 0.122. The molecule has 1 heterocycles. The van der Waals surface area contributed by atoms with Gasteiger partial charge in [0.2, 0.25) is 0 Å². The van der Waals surface area contributed by atoms with Crippen molar-refractivity contribution in [2.45, 2.75) is 26.3 Å². The predicted molar refractivity (Wildman–Crippen MR) is 88.2 cm³/mol. The number of aliphatic carboxylic acids is 1. The van der Waals surface area contributed by atoms with Crippen molar-refractivity contribution in [2.75, 3.05) is 0 Å². The monoisotopic (exact) mass is 329 g/mol. The Hall–Kier alpha value is -2.96. The number of carboxylic acid groups (broad SMARTS) is 1. The molecule has 2 rings (SSSR count). The molecule has 0 saturated carbocycles. The van der Waals surface area contributed by atoms with Crippen molar-refractivity contribution in [1.82, 2.24) is 15.1 Å². The maximum absolute atomic E-state index is 12.3. The third-order valence-electron chi connectivity index (χ3n) is 3.34. The van der Waals surface area contributed by atoms with E-state index in [0.717, 1.165) is 4.68 Å². The van der Waals surface area contributed by atoms with Crippen LogP contribution in [-0.4, -0.2) is 32.8 Å². The lowest BCUT2D eigenvalue weighted by Crippen LogP contribution is -2.42. The largest absolute Gasteiger partial charge is 0.480 e. The van der Waals surface area contributed by atoms with Crippen molar-refractivity contribution in [3.05, 3.63) is 58.5 Å². The summed E-state index contributed by atoms with van der Waals surface area (Å²) >= 11 is 0. The Bertz CT molecular complexity index is 784. The van der Waals surface area contributed by atoms with Crippen LogP contribution in [-0.2, 0) is 4.79 Å². The zero-order valence-corrected chi connectivity index (χ0v) is 13.5. The van der Waals surface area contributed by atoms with E-state index in [1.165, 1.54) is 12.1 Å². The maximum Gasteiger partial charge on any atom is 0.326 e. The Labute approximate surface area is 138 Å². The minimum Gasteiger partial charge on any atom is -0.480 e. The van der Waals surface area contributed by atoms with Gasteiger partial charge in [-0.25, -0.2) is 4.79 Å². The Morgan fingerprint density at radius 3 is 2.42 bits per heavy atom. The fourth-order valence-corrected chi connectivity index (χ4v) is 2.21. The molecule has 2 N–H and O–H groups in total. The first-order valence-electron chi connectivity index (χ1n) is 7.58. The van der Waals surface area contributed by atoms with Crippen molar-refractivity contribution < 1.29 is 14.7 Å². The molecule has 0 spiro atoms. The molecule has 0 aliphatic rings. The summed E-state index contributed by atoms with van der Waals surface area (Å²) in [6.45, 7) is 3.74. The molecule has 0 saturated heterocycles. The number of aromatic nitrogens is 2. The van der Waals surface area contributed by atoms with Crippen LogP contribution in [0.1, 0.15) is 30.8 Å². The van der Waals surface area contributed by atoms with Gasteiger partial charge in [-0.05, 0) is 30.5 Å². The Kier molecular flexibility index (Phi) is 5.47.